The summed E-state index contributed by atoms with van der Waals surface area (Å²) in [5.41, 5.74) is -1.38. The largest absolute Gasteiger partial charge is 0.416 e. The van der Waals surface area contributed by atoms with Gasteiger partial charge in [0.15, 0.2) is 0 Å². The Balaban J connectivity index is 2.19. The van der Waals surface area contributed by atoms with Crippen molar-refractivity contribution in [2.75, 3.05) is 13.1 Å². The van der Waals surface area contributed by atoms with Crippen molar-refractivity contribution in [3.63, 3.8) is 0 Å². The van der Waals surface area contributed by atoms with Gasteiger partial charge in [0.25, 0.3) is 0 Å². The van der Waals surface area contributed by atoms with Crippen molar-refractivity contribution in [1.82, 2.24) is 10.6 Å². The third-order valence-electron chi connectivity index (χ3n) is 3.87. The standard InChI is InChI=1S/C15H19F3N2O/c1-14(2,13(21)20-12-6-7-19-9-12)10-4-3-5-11(8-10)15(16,17)18/h3-5,8,12,19H,6-7,9H2,1-2H3,(H,20,21). The van der Waals surface area contributed by atoms with Gasteiger partial charge in [0.05, 0.1) is 11.0 Å². The lowest BCUT2D eigenvalue weighted by atomic mass is 9.82. The van der Waals surface area contributed by atoms with Gasteiger partial charge in [-0.25, -0.2) is 0 Å². The summed E-state index contributed by atoms with van der Waals surface area (Å²) in [6.07, 6.45) is -3.57. The molecule has 1 fully saturated rings. The molecule has 6 heteroatoms. The molecule has 0 radical (unpaired) electrons. The molecule has 0 aromatic heterocycles. The van der Waals surface area contributed by atoms with Gasteiger partial charge in [0, 0.05) is 12.6 Å². The molecule has 1 aliphatic rings. The number of benzene rings is 1. The van der Waals surface area contributed by atoms with Gasteiger partial charge in [-0.2, -0.15) is 13.2 Å². The molecule has 1 amide bonds. The predicted molar refractivity (Wildman–Crippen MR) is 73.9 cm³/mol. The topological polar surface area (TPSA) is 41.1 Å². The van der Waals surface area contributed by atoms with Gasteiger partial charge in [-0.3, -0.25) is 4.79 Å². The normalized spacial score (nSPS) is 19.6. The molecule has 2 N–H and O–H groups in total. The first-order valence-corrected chi connectivity index (χ1v) is 6.90. The van der Waals surface area contributed by atoms with Crippen molar-refractivity contribution in [2.24, 2.45) is 0 Å². The first-order valence-electron chi connectivity index (χ1n) is 6.90. The third-order valence-corrected chi connectivity index (χ3v) is 3.87. The molecule has 0 aliphatic carbocycles. The first-order chi connectivity index (χ1) is 9.71. The fourth-order valence-electron chi connectivity index (χ4n) is 2.36. The zero-order valence-electron chi connectivity index (χ0n) is 12.1. The molecule has 3 nitrogen and oxygen atoms in total. The molecule has 116 valence electrons. The van der Waals surface area contributed by atoms with E-state index in [1.807, 2.05) is 0 Å². The summed E-state index contributed by atoms with van der Waals surface area (Å²) in [7, 11) is 0. The van der Waals surface area contributed by atoms with Crippen LogP contribution in [-0.2, 0) is 16.4 Å². The number of alkyl halides is 3. The Hall–Kier alpha value is -1.56. The van der Waals surface area contributed by atoms with Crippen LogP contribution in [0.15, 0.2) is 24.3 Å². The number of hydrogen-bond acceptors (Lipinski definition) is 2. The van der Waals surface area contributed by atoms with Crippen molar-refractivity contribution >= 4 is 5.91 Å². The Bertz CT molecular complexity index is 520. The van der Waals surface area contributed by atoms with Crippen molar-refractivity contribution in [3.05, 3.63) is 35.4 Å². The number of nitrogens with one attached hydrogen (secondary N) is 2. The number of hydrogen-bond donors (Lipinski definition) is 2. The van der Waals surface area contributed by atoms with E-state index in [-0.39, 0.29) is 11.9 Å². The monoisotopic (exact) mass is 300 g/mol. The second-order valence-electron chi connectivity index (χ2n) is 5.87. The summed E-state index contributed by atoms with van der Waals surface area (Å²) < 4.78 is 38.3. The van der Waals surface area contributed by atoms with Crippen molar-refractivity contribution in [3.8, 4) is 0 Å². The molecule has 2 rings (SSSR count). The van der Waals surface area contributed by atoms with Gasteiger partial charge in [0.2, 0.25) is 5.91 Å². The average Bonchev–Trinajstić information content (AvgIpc) is 2.90. The van der Waals surface area contributed by atoms with Gasteiger partial charge in [-0.05, 0) is 38.4 Å². The van der Waals surface area contributed by atoms with Gasteiger partial charge in [-0.15, -0.1) is 0 Å². The van der Waals surface area contributed by atoms with Crippen molar-refractivity contribution < 1.29 is 18.0 Å². The van der Waals surface area contributed by atoms with E-state index >= 15 is 0 Å². The molecule has 0 spiro atoms. The highest BCUT2D eigenvalue weighted by Gasteiger charge is 2.35. The Morgan fingerprint density at radius 2 is 1.95 bits per heavy atom. The zero-order valence-corrected chi connectivity index (χ0v) is 12.1. The zero-order chi connectivity index (χ0) is 15.7. The summed E-state index contributed by atoms with van der Waals surface area (Å²) in [5.74, 6) is -0.254. The maximum Gasteiger partial charge on any atom is 0.416 e. The van der Waals surface area contributed by atoms with Gasteiger partial charge in [-0.1, -0.05) is 18.2 Å². The Labute approximate surface area is 121 Å². The molecular formula is C15H19F3N2O. The molecule has 0 saturated carbocycles. The lowest BCUT2D eigenvalue weighted by Crippen LogP contribution is -2.46. The molecule has 1 aromatic rings. The van der Waals surface area contributed by atoms with Gasteiger partial charge >= 0.3 is 6.18 Å². The van der Waals surface area contributed by atoms with Crippen molar-refractivity contribution in [2.45, 2.75) is 37.9 Å². The molecule has 21 heavy (non-hydrogen) atoms. The fraction of sp³-hybridized carbons (Fsp3) is 0.533. The van der Waals surface area contributed by atoms with Gasteiger partial charge in [0.1, 0.15) is 0 Å². The second-order valence-corrected chi connectivity index (χ2v) is 5.87. The molecular weight excluding hydrogens is 281 g/mol. The van der Waals surface area contributed by atoms with E-state index in [1.54, 1.807) is 19.9 Å². The quantitative estimate of drug-likeness (QED) is 0.900. The number of halogens is 3. The minimum atomic E-state index is -4.40. The highest BCUT2D eigenvalue weighted by molar-refractivity contribution is 5.87. The molecule has 1 saturated heterocycles. The molecule has 1 atom stereocenters. The second kappa shape index (κ2) is 5.67. The lowest BCUT2D eigenvalue weighted by Gasteiger charge is -2.27. The minimum absolute atomic E-state index is 0.0440. The van der Waals surface area contributed by atoms with Crippen LogP contribution in [0.3, 0.4) is 0 Å². The first kappa shape index (κ1) is 15.8. The third kappa shape index (κ3) is 3.56. The maximum absolute atomic E-state index is 12.8. The van der Waals surface area contributed by atoms with E-state index < -0.39 is 17.2 Å². The van der Waals surface area contributed by atoms with Crippen molar-refractivity contribution in [1.29, 1.82) is 0 Å². The number of amides is 1. The van der Waals surface area contributed by atoms with E-state index in [0.717, 1.165) is 25.1 Å². The summed E-state index contributed by atoms with van der Waals surface area (Å²) in [5, 5.41) is 6.03. The Morgan fingerprint density at radius 1 is 1.29 bits per heavy atom. The van der Waals surface area contributed by atoms with Crippen LogP contribution in [-0.4, -0.2) is 25.0 Å². The maximum atomic E-state index is 12.8. The molecule has 0 bridgehead atoms. The highest BCUT2D eigenvalue weighted by atomic mass is 19.4. The molecule has 1 aliphatic heterocycles. The van der Waals surface area contributed by atoms with Crippen LogP contribution >= 0.6 is 0 Å². The van der Waals surface area contributed by atoms with E-state index in [9.17, 15) is 18.0 Å². The molecule has 1 heterocycles. The summed E-state index contributed by atoms with van der Waals surface area (Å²) >= 11 is 0. The summed E-state index contributed by atoms with van der Waals surface area (Å²) in [6, 6.07) is 5.00. The van der Waals surface area contributed by atoms with E-state index in [4.69, 9.17) is 0 Å². The molecule has 1 unspecified atom stereocenters. The van der Waals surface area contributed by atoms with Crippen LogP contribution < -0.4 is 10.6 Å². The predicted octanol–water partition coefficient (Wildman–Crippen LogP) is 2.46. The summed E-state index contributed by atoms with van der Waals surface area (Å²) in [4.78, 5) is 12.4. The Morgan fingerprint density at radius 3 is 2.52 bits per heavy atom. The van der Waals surface area contributed by atoms with Crippen LogP contribution in [0.25, 0.3) is 0 Å². The van der Waals surface area contributed by atoms with E-state index in [1.165, 1.54) is 6.07 Å². The van der Waals surface area contributed by atoms with E-state index in [2.05, 4.69) is 10.6 Å². The lowest BCUT2D eigenvalue weighted by molar-refractivity contribution is -0.138. The SMILES string of the molecule is CC(C)(C(=O)NC1CCNC1)c1cccc(C(F)(F)F)c1. The molecule has 1 aromatic carbocycles. The van der Waals surface area contributed by atoms with Crippen LogP contribution in [0.5, 0.6) is 0 Å². The smallest absolute Gasteiger partial charge is 0.351 e. The highest BCUT2D eigenvalue weighted by Crippen LogP contribution is 2.33. The number of carbonyl (C=O) groups is 1. The fourth-order valence-corrected chi connectivity index (χ4v) is 2.36. The number of carbonyl (C=O) groups excluding carboxylic acids is 1. The van der Waals surface area contributed by atoms with Crippen LogP contribution in [0, 0.1) is 0 Å². The number of rotatable bonds is 3. The van der Waals surface area contributed by atoms with Crippen LogP contribution in [0.4, 0.5) is 13.2 Å². The summed E-state index contributed by atoms with van der Waals surface area (Å²) in [6.45, 7) is 4.82. The minimum Gasteiger partial charge on any atom is -0.351 e. The van der Waals surface area contributed by atoms with Gasteiger partial charge < -0.3 is 10.6 Å². The Kier molecular flexibility index (Phi) is 4.27. The van der Waals surface area contributed by atoms with Crippen LogP contribution in [0.2, 0.25) is 0 Å². The van der Waals surface area contributed by atoms with E-state index in [0.29, 0.717) is 12.1 Å². The van der Waals surface area contributed by atoms with Crippen LogP contribution in [0.1, 0.15) is 31.4 Å². The average molecular weight is 300 g/mol.